The molecule has 1 aromatic heterocycles. The number of fused-ring (bicyclic) bond motifs is 2. The maximum absolute atomic E-state index is 13.0. The van der Waals surface area contributed by atoms with Crippen LogP contribution in [0.1, 0.15) is 21.6 Å². The number of hydrogen-bond donors (Lipinski definition) is 3. The van der Waals surface area contributed by atoms with Crippen molar-refractivity contribution in [1.29, 1.82) is 0 Å². The van der Waals surface area contributed by atoms with Crippen LogP contribution in [0, 0.1) is 0 Å². The number of aromatic hydroxyl groups is 1. The molecular weight excluding hydrogens is 441 g/mol. The van der Waals surface area contributed by atoms with Gasteiger partial charge in [0, 0.05) is 44.2 Å². The summed E-state index contributed by atoms with van der Waals surface area (Å²) >= 11 is 0. The van der Waals surface area contributed by atoms with Crippen molar-refractivity contribution in [3.63, 3.8) is 0 Å². The number of rotatable bonds is 4. The third kappa shape index (κ3) is 4.24. The number of hydrogen-bond acceptors (Lipinski definition) is 7. The first-order chi connectivity index (χ1) is 15.8. The van der Waals surface area contributed by atoms with E-state index in [4.69, 9.17) is 4.74 Å². The molecule has 2 aromatic carbocycles. The largest absolute Gasteiger partial charge is 0.573 e. The fraction of sp³-hybridized carbons (Fsp3) is 0.273. The van der Waals surface area contributed by atoms with Gasteiger partial charge in [0.25, 0.3) is 0 Å². The molecule has 11 heteroatoms. The SMILES string of the molecule is O=C1C(=Cc2n[nH]c3ccc(OC(F)(F)F)cc23)Oc2c1ccc(O)c2CN1CCNCC1. The predicted octanol–water partition coefficient (Wildman–Crippen LogP) is 3.19. The van der Waals surface area contributed by atoms with E-state index >= 15 is 0 Å². The Hall–Kier alpha value is -3.57. The van der Waals surface area contributed by atoms with E-state index in [1.54, 1.807) is 0 Å². The molecule has 0 radical (unpaired) electrons. The minimum atomic E-state index is -4.83. The number of H-pyrrole nitrogens is 1. The average Bonchev–Trinajstić information content (AvgIpc) is 3.31. The number of piperazine rings is 1. The van der Waals surface area contributed by atoms with Gasteiger partial charge in [0.15, 0.2) is 5.76 Å². The normalized spacial score (nSPS) is 18.0. The Kier molecular flexibility index (Phi) is 5.22. The lowest BCUT2D eigenvalue weighted by Gasteiger charge is -2.27. The number of ketones is 1. The average molecular weight is 460 g/mol. The Morgan fingerprint density at radius 2 is 2.00 bits per heavy atom. The number of nitrogens with zero attached hydrogens (tertiary/aromatic N) is 2. The molecule has 2 aliphatic rings. The van der Waals surface area contributed by atoms with Crippen LogP contribution in [-0.4, -0.2) is 58.5 Å². The number of nitrogens with one attached hydrogen (secondary N) is 2. The molecule has 1 fully saturated rings. The highest BCUT2D eigenvalue weighted by Crippen LogP contribution is 2.40. The number of phenolic OH excluding ortho intramolecular Hbond substituents is 1. The minimum absolute atomic E-state index is 0.0282. The Balaban J connectivity index is 1.47. The summed E-state index contributed by atoms with van der Waals surface area (Å²) in [7, 11) is 0. The lowest BCUT2D eigenvalue weighted by Crippen LogP contribution is -2.42. The van der Waals surface area contributed by atoms with Crippen molar-refractivity contribution in [2.24, 2.45) is 0 Å². The number of carbonyl (C=O) groups excluding carboxylic acids is 1. The van der Waals surface area contributed by atoms with Crippen LogP contribution in [0.2, 0.25) is 0 Å². The molecule has 0 bridgehead atoms. The Morgan fingerprint density at radius 1 is 1.21 bits per heavy atom. The second kappa shape index (κ2) is 8.09. The summed E-state index contributed by atoms with van der Waals surface area (Å²) in [6.45, 7) is 3.66. The van der Waals surface area contributed by atoms with Crippen LogP contribution in [0.25, 0.3) is 17.0 Å². The van der Waals surface area contributed by atoms with Crippen LogP contribution < -0.4 is 14.8 Å². The number of aromatic nitrogens is 2. The third-order valence-corrected chi connectivity index (χ3v) is 5.57. The fourth-order valence-electron chi connectivity index (χ4n) is 3.99. The van der Waals surface area contributed by atoms with Crippen LogP contribution in [0.15, 0.2) is 36.1 Å². The fourth-order valence-corrected chi connectivity index (χ4v) is 3.99. The lowest BCUT2D eigenvalue weighted by atomic mass is 10.0. The van der Waals surface area contributed by atoms with Gasteiger partial charge in [-0.2, -0.15) is 5.10 Å². The van der Waals surface area contributed by atoms with E-state index in [-0.39, 0.29) is 23.0 Å². The van der Waals surface area contributed by atoms with Crippen molar-refractivity contribution in [3.05, 3.63) is 52.9 Å². The second-order valence-corrected chi connectivity index (χ2v) is 7.77. The van der Waals surface area contributed by atoms with Gasteiger partial charge >= 0.3 is 6.36 Å². The van der Waals surface area contributed by atoms with Gasteiger partial charge in [0.2, 0.25) is 5.78 Å². The lowest BCUT2D eigenvalue weighted by molar-refractivity contribution is -0.274. The number of aromatic amines is 1. The highest BCUT2D eigenvalue weighted by Gasteiger charge is 2.33. The summed E-state index contributed by atoms with van der Waals surface area (Å²) in [4.78, 5) is 15.1. The molecule has 1 saturated heterocycles. The van der Waals surface area contributed by atoms with E-state index in [0.717, 1.165) is 26.2 Å². The summed E-state index contributed by atoms with van der Waals surface area (Å²) in [6.07, 6.45) is -3.46. The van der Waals surface area contributed by atoms with E-state index < -0.39 is 17.9 Å². The second-order valence-electron chi connectivity index (χ2n) is 7.77. The number of halogens is 3. The van der Waals surface area contributed by atoms with E-state index in [1.165, 1.54) is 36.4 Å². The topological polar surface area (TPSA) is 99.7 Å². The predicted molar refractivity (Wildman–Crippen MR) is 112 cm³/mol. The molecule has 0 spiro atoms. The van der Waals surface area contributed by atoms with Crippen molar-refractivity contribution in [1.82, 2.24) is 20.4 Å². The summed E-state index contributed by atoms with van der Waals surface area (Å²) in [5.74, 6) is -0.523. The number of Topliss-reactive ketones (excluding diaryl/α,β-unsaturated/α-hetero) is 1. The molecular formula is C22H19F3N4O4. The molecule has 0 unspecified atom stereocenters. The molecule has 3 N–H and O–H groups in total. The maximum atomic E-state index is 13.0. The molecule has 0 saturated carbocycles. The monoisotopic (exact) mass is 460 g/mol. The van der Waals surface area contributed by atoms with E-state index in [2.05, 4.69) is 25.2 Å². The Morgan fingerprint density at radius 3 is 2.76 bits per heavy atom. The molecule has 0 aliphatic carbocycles. The molecule has 172 valence electrons. The van der Waals surface area contributed by atoms with Gasteiger partial charge in [-0.05, 0) is 30.3 Å². The van der Waals surface area contributed by atoms with E-state index in [9.17, 15) is 23.1 Å². The summed E-state index contributed by atoms with van der Waals surface area (Å²) in [5.41, 5.74) is 1.52. The number of benzene rings is 2. The Labute approximate surface area is 185 Å². The van der Waals surface area contributed by atoms with Crippen molar-refractivity contribution >= 4 is 22.8 Å². The smallest absolute Gasteiger partial charge is 0.507 e. The minimum Gasteiger partial charge on any atom is -0.507 e. The zero-order chi connectivity index (χ0) is 23.2. The maximum Gasteiger partial charge on any atom is 0.573 e. The van der Waals surface area contributed by atoms with Crippen molar-refractivity contribution < 1.29 is 32.5 Å². The van der Waals surface area contributed by atoms with Crippen molar-refractivity contribution in [3.8, 4) is 17.2 Å². The molecule has 3 heterocycles. The van der Waals surface area contributed by atoms with Gasteiger partial charge in [-0.1, -0.05) is 0 Å². The number of carbonyl (C=O) groups is 1. The van der Waals surface area contributed by atoms with Gasteiger partial charge in [0.1, 0.15) is 17.2 Å². The van der Waals surface area contributed by atoms with Gasteiger partial charge in [-0.25, -0.2) is 0 Å². The van der Waals surface area contributed by atoms with Crippen molar-refractivity contribution in [2.75, 3.05) is 26.2 Å². The van der Waals surface area contributed by atoms with Crippen LogP contribution in [0.4, 0.5) is 13.2 Å². The van der Waals surface area contributed by atoms with Gasteiger partial charge in [-0.15, -0.1) is 13.2 Å². The first-order valence-electron chi connectivity index (χ1n) is 10.2. The first-order valence-corrected chi connectivity index (χ1v) is 10.2. The van der Waals surface area contributed by atoms with Gasteiger partial charge in [0.05, 0.1) is 22.3 Å². The molecule has 0 amide bonds. The first kappa shape index (κ1) is 21.3. The summed E-state index contributed by atoms with van der Waals surface area (Å²) in [5, 5.41) is 20.8. The van der Waals surface area contributed by atoms with Crippen LogP contribution in [0.3, 0.4) is 0 Å². The number of phenols is 1. The zero-order valence-electron chi connectivity index (χ0n) is 17.2. The van der Waals surface area contributed by atoms with Crippen LogP contribution in [-0.2, 0) is 6.54 Å². The Bertz CT molecular complexity index is 1260. The van der Waals surface area contributed by atoms with Gasteiger partial charge < -0.3 is 19.9 Å². The standard InChI is InChI=1S/C22H19F3N4O4/c23-22(24,25)33-12-1-3-16-14(9-12)17(28-27-16)10-19-20(31)13-2-4-18(30)15(21(13)32-19)11-29-7-5-26-6-8-29/h1-4,9-10,26,30H,5-8,11H2,(H,27,28). The number of alkyl halides is 3. The van der Waals surface area contributed by atoms with Crippen LogP contribution in [0.5, 0.6) is 17.2 Å². The highest BCUT2D eigenvalue weighted by molar-refractivity contribution is 6.15. The molecule has 0 atom stereocenters. The van der Waals surface area contributed by atoms with Gasteiger partial charge in [-0.3, -0.25) is 14.8 Å². The van der Waals surface area contributed by atoms with Crippen molar-refractivity contribution in [2.45, 2.75) is 12.9 Å². The number of allylic oxidation sites excluding steroid dienone is 1. The van der Waals surface area contributed by atoms with Crippen LogP contribution >= 0.6 is 0 Å². The van der Waals surface area contributed by atoms with E-state index in [0.29, 0.717) is 28.6 Å². The van der Waals surface area contributed by atoms with E-state index in [1.807, 2.05) is 0 Å². The molecule has 5 rings (SSSR count). The number of ether oxygens (including phenoxy) is 2. The summed E-state index contributed by atoms with van der Waals surface area (Å²) in [6, 6.07) is 6.72. The molecule has 33 heavy (non-hydrogen) atoms. The molecule has 3 aromatic rings. The molecule has 2 aliphatic heterocycles. The summed E-state index contributed by atoms with van der Waals surface area (Å²) < 4.78 is 47.6. The zero-order valence-corrected chi connectivity index (χ0v) is 17.2. The third-order valence-electron chi connectivity index (χ3n) is 5.57. The molecule has 8 nitrogen and oxygen atoms in total. The highest BCUT2D eigenvalue weighted by atomic mass is 19.4. The quantitative estimate of drug-likeness (QED) is 0.515.